The maximum atomic E-state index is 12.6. The molecule has 3 heterocycles. The molecule has 148 valence electrons. The first-order chi connectivity index (χ1) is 13.3. The van der Waals surface area contributed by atoms with Gasteiger partial charge in [-0.05, 0) is 43.2 Å². The standard InChI is InChI=1S/C18H15ClF3N3O3/c19-10-1-2-13-12(9-10)24-17(28-13)25-7-5-11(6-8-25)23-16(26)14-3-4-15(27-14)18(20,21)22/h1-4,9,11H,5-8H2,(H,23,26). The van der Waals surface area contributed by atoms with E-state index < -0.39 is 17.8 Å². The highest BCUT2D eigenvalue weighted by atomic mass is 35.5. The number of hydrogen-bond donors (Lipinski definition) is 1. The lowest BCUT2D eigenvalue weighted by Gasteiger charge is -2.31. The highest BCUT2D eigenvalue weighted by Crippen LogP contribution is 2.31. The molecule has 1 aliphatic heterocycles. The van der Waals surface area contributed by atoms with Crippen molar-refractivity contribution in [3.63, 3.8) is 0 Å². The van der Waals surface area contributed by atoms with E-state index in [-0.39, 0.29) is 11.8 Å². The Kier molecular flexibility index (Phi) is 4.70. The van der Waals surface area contributed by atoms with Crippen molar-refractivity contribution in [3.05, 3.63) is 46.9 Å². The van der Waals surface area contributed by atoms with Crippen LogP contribution in [0.4, 0.5) is 19.2 Å². The number of alkyl halides is 3. The van der Waals surface area contributed by atoms with Crippen LogP contribution in [-0.2, 0) is 6.18 Å². The minimum absolute atomic E-state index is 0.179. The molecule has 0 spiro atoms. The number of hydrogen-bond acceptors (Lipinski definition) is 5. The third-order valence-electron chi connectivity index (χ3n) is 4.55. The number of anilines is 1. The van der Waals surface area contributed by atoms with Crippen LogP contribution in [0, 0.1) is 0 Å². The number of piperidine rings is 1. The van der Waals surface area contributed by atoms with Gasteiger partial charge in [0.1, 0.15) is 5.52 Å². The number of carbonyl (C=O) groups excluding carboxylic acids is 1. The Hall–Kier alpha value is -2.68. The molecule has 0 bridgehead atoms. The summed E-state index contributed by atoms with van der Waals surface area (Å²) >= 11 is 5.95. The number of furan rings is 1. The number of aromatic nitrogens is 1. The van der Waals surface area contributed by atoms with Crippen LogP contribution in [0.3, 0.4) is 0 Å². The van der Waals surface area contributed by atoms with Crippen molar-refractivity contribution < 1.29 is 26.8 Å². The summed E-state index contributed by atoms with van der Waals surface area (Å²) in [6.45, 7) is 1.16. The zero-order valence-electron chi connectivity index (χ0n) is 14.4. The fourth-order valence-corrected chi connectivity index (χ4v) is 3.27. The molecule has 0 atom stereocenters. The fourth-order valence-electron chi connectivity index (χ4n) is 3.11. The van der Waals surface area contributed by atoms with Crippen LogP contribution in [0.2, 0.25) is 5.02 Å². The van der Waals surface area contributed by atoms with E-state index in [1.165, 1.54) is 0 Å². The Morgan fingerprint density at radius 3 is 2.61 bits per heavy atom. The van der Waals surface area contributed by atoms with E-state index in [4.69, 9.17) is 16.0 Å². The van der Waals surface area contributed by atoms with Crippen molar-refractivity contribution in [1.82, 2.24) is 10.3 Å². The molecule has 1 N–H and O–H groups in total. The molecule has 1 aliphatic rings. The van der Waals surface area contributed by atoms with Gasteiger partial charge in [-0.1, -0.05) is 11.6 Å². The second-order valence-corrected chi connectivity index (χ2v) is 6.94. The van der Waals surface area contributed by atoms with Gasteiger partial charge in [0.15, 0.2) is 11.3 Å². The number of nitrogens with one attached hydrogen (secondary N) is 1. The lowest BCUT2D eigenvalue weighted by atomic mass is 10.1. The fraction of sp³-hybridized carbons (Fsp3) is 0.333. The highest BCUT2D eigenvalue weighted by Gasteiger charge is 2.35. The van der Waals surface area contributed by atoms with Crippen LogP contribution in [0.25, 0.3) is 11.1 Å². The van der Waals surface area contributed by atoms with Crippen molar-refractivity contribution in [1.29, 1.82) is 0 Å². The van der Waals surface area contributed by atoms with Gasteiger partial charge in [-0.2, -0.15) is 18.2 Å². The van der Waals surface area contributed by atoms with Gasteiger partial charge >= 0.3 is 6.18 Å². The maximum absolute atomic E-state index is 12.6. The molecule has 0 radical (unpaired) electrons. The molecule has 6 nitrogen and oxygen atoms in total. The lowest BCUT2D eigenvalue weighted by Crippen LogP contribution is -2.44. The van der Waals surface area contributed by atoms with Gasteiger partial charge in [-0.3, -0.25) is 4.79 Å². The second-order valence-electron chi connectivity index (χ2n) is 6.50. The Labute approximate surface area is 162 Å². The van der Waals surface area contributed by atoms with Gasteiger partial charge in [0.05, 0.1) is 0 Å². The molecule has 4 rings (SSSR count). The second kappa shape index (κ2) is 7.05. The molecule has 0 saturated carbocycles. The molecule has 1 saturated heterocycles. The van der Waals surface area contributed by atoms with E-state index in [1.807, 2.05) is 4.90 Å². The van der Waals surface area contributed by atoms with E-state index >= 15 is 0 Å². The minimum atomic E-state index is -4.62. The molecule has 0 aliphatic carbocycles. The molecular formula is C18H15ClF3N3O3. The number of carbonyl (C=O) groups is 1. The van der Waals surface area contributed by atoms with Crippen molar-refractivity contribution in [3.8, 4) is 0 Å². The summed E-state index contributed by atoms with van der Waals surface area (Å²) in [6.07, 6.45) is -3.43. The van der Waals surface area contributed by atoms with Gasteiger partial charge in [-0.25, -0.2) is 0 Å². The average Bonchev–Trinajstić information content (AvgIpc) is 3.29. The van der Waals surface area contributed by atoms with E-state index in [1.54, 1.807) is 18.2 Å². The number of fused-ring (bicyclic) bond motifs is 1. The summed E-state index contributed by atoms with van der Waals surface area (Å²) in [5.74, 6) is -2.21. The highest BCUT2D eigenvalue weighted by molar-refractivity contribution is 6.31. The number of benzene rings is 1. The summed E-state index contributed by atoms with van der Waals surface area (Å²) in [5.41, 5.74) is 1.30. The van der Waals surface area contributed by atoms with Crippen LogP contribution in [-0.4, -0.2) is 30.0 Å². The van der Waals surface area contributed by atoms with Gasteiger partial charge in [0.25, 0.3) is 11.9 Å². The van der Waals surface area contributed by atoms with Crippen LogP contribution in [0.15, 0.2) is 39.2 Å². The van der Waals surface area contributed by atoms with Crippen molar-refractivity contribution in [2.24, 2.45) is 0 Å². The number of halogens is 4. The minimum Gasteiger partial charge on any atom is -0.446 e. The molecule has 1 aromatic carbocycles. The first-order valence-corrected chi connectivity index (χ1v) is 8.96. The molecule has 10 heteroatoms. The number of nitrogens with zero attached hydrogens (tertiary/aromatic N) is 2. The van der Waals surface area contributed by atoms with Crippen molar-refractivity contribution >= 4 is 34.6 Å². The molecule has 2 aromatic heterocycles. The average molecular weight is 414 g/mol. The van der Waals surface area contributed by atoms with Crippen molar-refractivity contribution in [2.45, 2.75) is 25.1 Å². The number of oxazole rings is 1. The predicted molar refractivity (Wildman–Crippen MR) is 95.4 cm³/mol. The summed E-state index contributed by atoms with van der Waals surface area (Å²) in [7, 11) is 0. The molecule has 28 heavy (non-hydrogen) atoms. The Morgan fingerprint density at radius 1 is 1.18 bits per heavy atom. The smallest absolute Gasteiger partial charge is 0.446 e. The van der Waals surface area contributed by atoms with E-state index in [9.17, 15) is 18.0 Å². The first kappa shape index (κ1) is 18.7. The predicted octanol–water partition coefficient (Wildman–Crippen LogP) is 4.49. The normalized spacial score (nSPS) is 15.9. The van der Waals surface area contributed by atoms with Gasteiger partial charge in [0, 0.05) is 24.2 Å². The SMILES string of the molecule is O=C(NC1CCN(c2nc3cc(Cl)ccc3o2)CC1)c1ccc(C(F)(F)F)o1. The maximum Gasteiger partial charge on any atom is 0.449 e. The molecule has 1 fully saturated rings. The zero-order chi connectivity index (χ0) is 19.9. The number of rotatable bonds is 3. The molecule has 1 amide bonds. The Balaban J connectivity index is 1.36. The van der Waals surface area contributed by atoms with Gasteiger partial charge < -0.3 is 19.1 Å². The summed E-state index contributed by atoms with van der Waals surface area (Å²) in [5, 5.41) is 3.28. The third-order valence-corrected chi connectivity index (χ3v) is 4.78. The van der Waals surface area contributed by atoms with Crippen molar-refractivity contribution in [2.75, 3.05) is 18.0 Å². The van der Waals surface area contributed by atoms with E-state index in [0.29, 0.717) is 48.1 Å². The Morgan fingerprint density at radius 2 is 1.93 bits per heavy atom. The molecule has 0 unspecified atom stereocenters. The van der Waals surface area contributed by atoms with Gasteiger partial charge in [0.2, 0.25) is 5.76 Å². The molecule has 3 aromatic rings. The van der Waals surface area contributed by atoms with E-state index in [2.05, 4.69) is 14.7 Å². The number of amides is 1. The van der Waals surface area contributed by atoms with Crippen LogP contribution in [0.5, 0.6) is 0 Å². The monoisotopic (exact) mass is 413 g/mol. The summed E-state index contributed by atoms with van der Waals surface area (Å²) in [4.78, 5) is 18.5. The lowest BCUT2D eigenvalue weighted by molar-refractivity contribution is -0.153. The van der Waals surface area contributed by atoms with Crippen LogP contribution < -0.4 is 10.2 Å². The first-order valence-electron chi connectivity index (χ1n) is 8.58. The van der Waals surface area contributed by atoms with Crippen LogP contribution >= 0.6 is 11.6 Å². The zero-order valence-corrected chi connectivity index (χ0v) is 15.2. The largest absolute Gasteiger partial charge is 0.449 e. The Bertz CT molecular complexity index is 1010. The van der Waals surface area contributed by atoms with Crippen LogP contribution in [0.1, 0.15) is 29.2 Å². The summed E-state index contributed by atoms with van der Waals surface area (Å²) < 4.78 is 48.1. The topological polar surface area (TPSA) is 71.5 Å². The quantitative estimate of drug-likeness (QED) is 0.685. The van der Waals surface area contributed by atoms with Gasteiger partial charge in [-0.15, -0.1) is 0 Å². The van der Waals surface area contributed by atoms with E-state index in [0.717, 1.165) is 12.1 Å². The third kappa shape index (κ3) is 3.80. The summed E-state index contributed by atoms with van der Waals surface area (Å²) in [6, 6.07) is 7.26. The molecular weight excluding hydrogens is 399 g/mol.